The maximum absolute atomic E-state index is 13.2. The number of likely N-dealkylation sites (tertiary alicyclic amines) is 2. The zero-order valence-corrected chi connectivity index (χ0v) is 18.4. The Morgan fingerprint density at radius 3 is 2.52 bits per heavy atom. The second kappa shape index (κ2) is 7.69. The predicted octanol–water partition coefficient (Wildman–Crippen LogP) is 2.27. The summed E-state index contributed by atoms with van der Waals surface area (Å²) in [6.07, 6.45) is 5.43. The second-order valence-electron chi connectivity index (χ2n) is 9.81. The molecule has 0 spiro atoms. The lowest BCUT2D eigenvalue weighted by atomic mass is 9.96. The summed E-state index contributed by atoms with van der Waals surface area (Å²) >= 11 is 0. The van der Waals surface area contributed by atoms with Gasteiger partial charge in [0.15, 0.2) is 5.65 Å². The van der Waals surface area contributed by atoms with Crippen LogP contribution in [0.25, 0.3) is 5.65 Å². The van der Waals surface area contributed by atoms with Crippen molar-refractivity contribution in [3.05, 3.63) is 29.7 Å². The fourth-order valence-corrected chi connectivity index (χ4v) is 4.67. The van der Waals surface area contributed by atoms with Crippen molar-refractivity contribution in [3.8, 4) is 0 Å². The fraction of sp³-hybridized carbons (Fsp3) is 0.682. The van der Waals surface area contributed by atoms with E-state index in [1.165, 1.54) is 25.9 Å². The van der Waals surface area contributed by atoms with Crippen LogP contribution in [-0.2, 0) is 5.41 Å². The maximum atomic E-state index is 13.2. The third kappa shape index (κ3) is 4.03. The summed E-state index contributed by atoms with van der Waals surface area (Å²) < 4.78 is 1.96. The number of piperidine rings is 1. The Bertz CT molecular complexity index is 877. The van der Waals surface area contributed by atoms with E-state index in [0.29, 0.717) is 11.6 Å². The lowest BCUT2D eigenvalue weighted by molar-refractivity contribution is 0.0720. The standard InChI is InChI=1S/C22H34N6O/c1-22(2,3)21-24-23-19-7-6-16(14-28(19)21)20(29)26(5)18-10-13-27(15-18)17-8-11-25(4)12-9-17/h6-7,14,17-18H,8-13,15H2,1-5H3. The third-order valence-corrected chi connectivity index (χ3v) is 6.59. The van der Waals surface area contributed by atoms with Crippen LogP contribution in [0, 0.1) is 0 Å². The number of likely N-dealkylation sites (N-methyl/N-ethyl adjacent to an activating group) is 1. The van der Waals surface area contributed by atoms with Gasteiger partial charge < -0.3 is 9.80 Å². The summed E-state index contributed by atoms with van der Waals surface area (Å²) in [6, 6.07) is 4.71. The molecule has 4 rings (SSSR count). The van der Waals surface area contributed by atoms with Gasteiger partial charge in [0.1, 0.15) is 5.82 Å². The molecule has 1 unspecified atom stereocenters. The first-order valence-corrected chi connectivity index (χ1v) is 10.8. The van der Waals surface area contributed by atoms with Crippen LogP contribution in [0.1, 0.15) is 56.2 Å². The van der Waals surface area contributed by atoms with E-state index in [4.69, 9.17) is 0 Å². The Morgan fingerprint density at radius 2 is 1.83 bits per heavy atom. The number of hydrogen-bond donors (Lipinski definition) is 0. The van der Waals surface area contributed by atoms with Crippen molar-refractivity contribution >= 4 is 11.6 Å². The number of aromatic nitrogens is 3. The van der Waals surface area contributed by atoms with Crippen LogP contribution in [0.3, 0.4) is 0 Å². The first kappa shape index (κ1) is 20.3. The molecule has 7 nitrogen and oxygen atoms in total. The molecule has 4 heterocycles. The van der Waals surface area contributed by atoms with Crippen molar-refractivity contribution in [1.29, 1.82) is 0 Å². The number of carbonyl (C=O) groups is 1. The van der Waals surface area contributed by atoms with Gasteiger partial charge in [-0.1, -0.05) is 20.8 Å². The normalized spacial score (nSPS) is 22.4. The first-order valence-electron chi connectivity index (χ1n) is 10.8. The van der Waals surface area contributed by atoms with Gasteiger partial charge in [0.05, 0.1) is 5.56 Å². The van der Waals surface area contributed by atoms with Gasteiger partial charge in [-0.15, -0.1) is 10.2 Å². The van der Waals surface area contributed by atoms with Gasteiger partial charge in [-0.05, 0) is 51.5 Å². The molecule has 0 aliphatic carbocycles. The molecule has 1 atom stereocenters. The average molecular weight is 399 g/mol. The molecule has 2 fully saturated rings. The Labute approximate surface area is 173 Å². The van der Waals surface area contributed by atoms with E-state index in [1.54, 1.807) is 0 Å². The zero-order valence-electron chi connectivity index (χ0n) is 18.4. The van der Waals surface area contributed by atoms with Crippen molar-refractivity contribution in [3.63, 3.8) is 0 Å². The van der Waals surface area contributed by atoms with E-state index in [0.717, 1.165) is 31.0 Å². The number of hydrogen-bond acceptors (Lipinski definition) is 5. The molecule has 29 heavy (non-hydrogen) atoms. The van der Waals surface area contributed by atoms with Gasteiger partial charge in [-0.3, -0.25) is 14.1 Å². The third-order valence-electron chi connectivity index (χ3n) is 6.59. The van der Waals surface area contributed by atoms with Crippen LogP contribution in [0.5, 0.6) is 0 Å². The second-order valence-corrected chi connectivity index (χ2v) is 9.81. The Balaban J connectivity index is 1.47. The zero-order chi connectivity index (χ0) is 20.8. The van der Waals surface area contributed by atoms with Crippen LogP contribution in [0.15, 0.2) is 18.3 Å². The van der Waals surface area contributed by atoms with E-state index < -0.39 is 0 Å². The van der Waals surface area contributed by atoms with E-state index >= 15 is 0 Å². The van der Waals surface area contributed by atoms with E-state index in [-0.39, 0.29) is 17.4 Å². The van der Waals surface area contributed by atoms with E-state index in [1.807, 2.05) is 34.7 Å². The molecule has 0 aromatic carbocycles. The molecule has 7 heteroatoms. The van der Waals surface area contributed by atoms with Gasteiger partial charge in [0.25, 0.3) is 5.91 Å². The van der Waals surface area contributed by atoms with Crippen molar-refractivity contribution in [2.24, 2.45) is 0 Å². The van der Waals surface area contributed by atoms with Crippen molar-refractivity contribution < 1.29 is 4.79 Å². The summed E-state index contributed by atoms with van der Waals surface area (Å²) in [6.45, 7) is 10.8. The molecule has 0 radical (unpaired) electrons. The van der Waals surface area contributed by atoms with Crippen LogP contribution in [0.2, 0.25) is 0 Å². The Morgan fingerprint density at radius 1 is 1.10 bits per heavy atom. The molecule has 0 saturated carbocycles. The molecular weight excluding hydrogens is 364 g/mol. The van der Waals surface area contributed by atoms with Gasteiger partial charge in [0, 0.05) is 43.8 Å². The lowest BCUT2D eigenvalue weighted by Gasteiger charge is -2.35. The summed E-state index contributed by atoms with van der Waals surface area (Å²) in [4.78, 5) is 20.2. The molecule has 2 aliphatic heterocycles. The summed E-state index contributed by atoms with van der Waals surface area (Å²) in [7, 11) is 4.15. The largest absolute Gasteiger partial charge is 0.337 e. The first-order chi connectivity index (χ1) is 13.7. The van der Waals surface area contributed by atoms with E-state index in [2.05, 4.69) is 47.8 Å². The number of rotatable bonds is 3. The van der Waals surface area contributed by atoms with Gasteiger partial charge in [0.2, 0.25) is 0 Å². The van der Waals surface area contributed by atoms with Gasteiger partial charge >= 0.3 is 0 Å². The Kier molecular flexibility index (Phi) is 5.38. The minimum atomic E-state index is -0.132. The van der Waals surface area contributed by atoms with Crippen LogP contribution in [-0.4, -0.2) is 87.6 Å². The monoisotopic (exact) mass is 398 g/mol. The molecule has 2 aromatic heterocycles. The number of pyridine rings is 1. The molecule has 2 aromatic rings. The van der Waals surface area contributed by atoms with Gasteiger partial charge in [-0.25, -0.2) is 0 Å². The van der Waals surface area contributed by atoms with Crippen LogP contribution in [0.4, 0.5) is 0 Å². The number of nitrogens with zero attached hydrogens (tertiary/aromatic N) is 6. The highest BCUT2D eigenvalue weighted by atomic mass is 16.2. The van der Waals surface area contributed by atoms with Crippen molar-refractivity contribution in [2.45, 2.75) is 57.5 Å². The quantitative estimate of drug-likeness (QED) is 0.794. The maximum Gasteiger partial charge on any atom is 0.255 e. The highest BCUT2D eigenvalue weighted by Gasteiger charge is 2.33. The highest BCUT2D eigenvalue weighted by molar-refractivity contribution is 5.94. The van der Waals surface area contributed by atoms with Crippen LogP contribution >= 0.6 is 0 Å². The highest BCUT2D eigenvalue weighted by Crippen LogP contribution is 2.25. The molecule has 158 valence electrons. The minimum Gasteiger partial charge on any atom is -0.337 e. The fourth-order valence-electron chi connectivity index (χ4n) is 4.67. The average Bonchev–Trinajstić information content (AvgIpc) is 3.34. The smallest absolute Gasteiger partial charge is 0.255 e. The molecule has 0 N–H and O–H groups in total. The van der Waals surface area contributed by atoms with Gasteiger partial charge in [-0.2, -0.15) is 0 Å². The molecule has 1 amide bonds. The minimum absolute atomic E-state index is 0.0793. The summed E-state index contributed by atoms with van der Waals surface area (Å²) in [5.41, 5.74) is 1.35. The van der Waals surface area contributed by atoms with Crippen LogP contribution < -0.4 is 0 Å². The Hall–Kier alpha value is -1.99. The summed E-state index contributed by atoms with van der Waals surface area (Å²) in [5, 5.41) is 8.59. The van der Waals surface area contributed by atoms with Crippen molar-refractivity contribution in [2.75, 3.05) is 40.3 Å². The SMILES string of the molecule is CN1CCC(N2CCC(N(C)C(=O)c3ccc4nnc(C(C)(C)C)n4c3)C2)CC1. The molecule has 2 aliphatic rings. The number of carbonyl (C=O) groups excluding carboxylic acids is 1. The number of amides is 1. The summed E-state index contributed by atoms with van der Waals surface area (Å²) in [5.74, 6) is 0.954. The topological polar surface area (TPSA) is 57.0 Å². The molecule has 0 bridgehead atoms. The predicted molar refractivity (Wildman–Crippen MR) is 114 cm³/mol. The molecular formula is C22H34N6O. The lowest BCUT2D eigenvalue weighted by Crippen LogP contribution is -2.45. The van der Waals surface area contributed by atoms with Crippen molar-refractivity contribution in [1.82, 2.24) is 29.3 Å². The number of fused-ring (bicyclic) bond motifs is 1. The van der Waals surface area contributed by atoms with E-state index in [9.17, 15) is 4.79 Å². The molecule has 2 saturated heterocycles.